The first-order chi connectivity index (χ1) is 9.06. The molecule has 2 aliphatic rings. The van der Waals surface area contributed by atoms with E-state index in [-0.39, 0.29) is 6.10 Å². The zero-order valence-electron chi connectivity index (χ0n) is 11.1. The molecule has 19 heavy (non-hydrogen) atoms. The molecular weight excluding hydrogens is 306 g/mol. The Labute approximate surface area is 122 Å². The average molecular weight is 326 g/mol. The molecule has 0 radical (unpaired) electrons. The molecule has 1 aliphatic carbocycles. The Morgan fingerprint density at radius 1 is 1.32 bits per heavy atom. The minimum Gasteiger partial charge on any atom is -0.393 e. The van der Waals surface area contributed by atoms with Gasteiger partial charge in [0, 0.05) is 29.2 Å². The average Bonchev–Trinajstić information content (AvgIpc) is 2.91. The van der Waals surface area contributed by atoms with Crippen molar-refractivity contribution >= 4 is 21.6 Å². The first-order valence-corrected chi connectivity index (χ1v) is 7.76. The van der Waals surface area contributed by atoms with Crippen molar-refractivity contribution in [3.05, 3.63) is 28.2 Å². The van der Waals surface area contributed by atoms with Crippen LogP contribution in [0.25, 0.3) is 0 Å². The molecular formula is C15H20BrNO2. The van der Waals surface area contributed by atoms with Crippen molar-refractivity contribution in [1.29, 1.82) is 0 Å². The maximum Gasteiger partial charge on any atom is 0.0772 e. The van der Waals surface area contributed by atoms with Gasteiger partial charge in [0.15, 0.2) is 0 Å². The van der Waals surface area contributed by atoms with Gasteiger partial charge in [0.1, 0.15) is 0 Å². The Bertz CT molecular complexity index is 477. The Morgan fingerprint density at radius 2 is 2.11 bits per heavy atom. The molecule has 0 spiro atoms. The van der Waals surface area contributed by atoms with Crippen LogP contribution < -0.4 is 4.90 Å². The molecule has 4 heteroatoms. The molecule has 1 saturated carbocycles. The van der Waals surface area contributed by atoms with E-state index in [9.17, 15) is 10.2 Å². The van der Waals surface area contributed by atoms with E-state index in [2.05, 4.69) is 33.0 Å². The van der Waals surface area contributed by atoms with Crippen molar-refractivity contribution in [2.45, 2.75) is 32.0 Å². The van der Waals surface area contributed by atoms with E-state index >= 15 is 0 Å². The van der Waals surface area contributed by atoms with E-state index in [1.54, 1.807) is 6.92 Å². The number of hydrogen-bond donors (Lipinski definition) is 2. The highest BCUT2D eigenvalue weighted by atomic mass is 79.9. The lowest BCUT2D eigenvalue weighted by atomic mass is 10.00. The second kappa shape index (κ2) is 5.08. The van der Waals surface area contributed by atoms with E-state index in [1.807, 2.05) is 6.07 Å². The minimum atomic E-state index is -0.455. The summed E-state index contributed by atoms with van der Waals surface area (Å²) >= 11 is 3.53. The maximum atomic E-state index is 9.97. The number of nitrogens with zero attached hydrogens (tertiary/aromatic N) is 1. The lowest BCUT2D eigenvalue weighted by Crippen LogP contribution is -2.24. The molecule has 3 rings (SSSR count). The number of halogens is 1. The molecule has 1 saturated heterocycles. The number of rotatable bonds is 2. The topological polar surface area (TPSA) is 43.7 Å². The third kappa shape index (κ3) is 2.41. The number of aliphatic hydroxyl groups is 2. The van der Waals surface area contributed by atoms with Gasteiger partial charge in [0.05, 0.1) is 12.2 Å². The van der Waals surface area contributed by atoms with Crippen LogP contribution in [0.1, 0.15) is 31.4 Å². The van der Waals surface area contributed by atoms with Gasteiger partial charge >= 0.3 is 0 Å². The quantitative estimate of drug-likeness (QED) is 0.878. The molecule has 1 aromatic rings. The fraction of sp³-hybridized carbons (Fsp3) is 0.600. The Balaban J connectivity index is 1.79. The van der Waals surface area contributed by atoms with Gasteiger partial charge in [-0.3, -0.25) is 0 Å². The van der Waals surface area contributed by atoms with Crippen LogP contribution in [0.15, 0.2) is 22.7 Å². The van der Waals surface area contributed by atoms with Gasteiger partial charge in [-0.2, -0.15) is 0 Å². The fourth-order valence-electron chi connectivity index (χ4n) is 3.50. The van der Waals surface area contributed by atoms with Gasteiger partial charge in [0.25, 0.3) is 0 Å². The number of benzene rings is 1. The van der Waals surface area contributed by atoms with Crippen LogP contribution in [-0.2, 0) is 0 Å². The van der Waals surface area contributed by atoms with E-state index in [1.165, 1.54) is 5.69 Å². The monoisotopic (exact) mass is 325 g/mol. The summed E-state index contributed by atoms with van der Waals surface area (Å²) in [5.41, 5.74) is 2.10. The predicted molar refractivity (Wildman–Crippen MR) is 79.2 cm³/mol. The molecule has 0 bridgehead atoms. The molecule has 3 unspecified atom stereocenters. The smallest absolute Gasteiger partial charge is 0.0772 e. The van der Waals surface area contributed by atoms with E-state index < -0.39 is 6.10 Å². The summed E-state index contributed by atoms with van der Waals surface area (Å²) in [7, 11) is 0. The van der Waals surface area contributed by atoms with Crippen molar-refractivity contribution in [1.82, 2.24) is 0 Å². The third-order valence-corrected chi connectivity index (χ3v) is 5.31. The highest BCUT2D eigenvalue weighted by Crippen LogP contribution is 2.40. The van der Waals surface area contributed by atoms with E-state index in [0.29, 0.717) is 11.8 Å². The van der Waals surface area contributed by atoms with Gasteiger partial charge in [-0.05, 0) is 43.4 Å². The highest BCUT2D eigenvalue weighted by Gasteiger charge is 2.41. The van der Waals surface area contributed by atoms with Crippen LogP contribution in [0.4, 0.5) is 5.69 Å². The Kier molecular flexibility index (Phi) is 3.58. The molecule has 104 valence electrons. The number of anilines is 1. The zero-order chi connectivity index (χ0) is 13.6. The number of aliphatic hydroxyl groups excluding tert-OH is 2. The molecule has 2 N–H and O–H groups in total. The second-order valence-electron chi connectivity index (χ2n) is 5.86. The lowest BCUT2D eigenvalue weighted by molar-refractivity contribution is 0.133. The maximum absolute atomic E-state index is 9.97. The predicted octanol–water partition coefficient (Wildman–Crippen LogP) is 2.71. The van der Waals surface area contributed by atoms with Gasteiger partial charge in [-0.25, -0.2) is 0 Å². The third-order valence-electron chi connectivity index (χ3n) is 4.62. The van der Waals surface area contributed by atoms with Crippen LogP contribution >= 0.6 is 15.9 Å². The van der Waals surface area contributed by atoms with Gasteiger partial charge < -0.3 is 15.1 Å². The summed E-state index contributed by atoms with van der Waals surface area (Å²) in [5.74, 6) is 1.08. The first-order valence-electron chi connectivity index (χ1n) is 6.97. The zero-order valence-corrected chi connectivity index (χ0v) is 12.7. The molecule has 4 atom stereocenters. The largest absolute Gasteiger partial charge is 0.393 e. The normalized spacial score (nSPS) is 31.6. The van der Waals surface area contributed by atoms with Crippen molar-refractivity contribution in [3.8, 4) is 0 Å². The van der Waals surface area contributed by atoms with Crippen LogP contribution in [-0.4, -0.2) is 29.4 Å². The summed E-state index contributed by atoms with van der Waals surface area (Å²) in [6.07, 6.45) is 1.54. The highest BCUT2D eigenvalue weighted by molar-refractivity contribution is 9.10. The summed E-state index contributed by atoms with van der Waals surface area (Å²) in [6, 6.07) is 6.13. The Hall–Kier alpha value is -0.580. The van der Waals surface area contributed by atoms with Gasteiger partial charge in [-0.15, -0.1) is 0 Å². The van der Waals surface area contributed by atoms with Crippen LogP contribution in [0.5, 0.6) is 0 Å². The van der Waals surface area contributed by atoms with Crippen LogP contribution in [0.3, 0.4) is 0 Å². The molecule has 1 heterocycles. The van der Waals surface area contributed by atoms with E-state index in [0.717, 1.165) is 36.0 Å². The SMILES string of the molecule is C[C@H](O)c1ccc(N2CC3CCC(O)C3C2)cc1Br. The number of fused-ring (bicyclic) bond motifs is 1. The summed E-state index contributed by atoms with van der Waals surface area (Å²) in [5, 5.41) is 19.6. The summed E-state index contributed by atoms with van der Waals surface area (Å²) in [6.45, 7) is 3.77. The van der Waals surface area contributed by atoms with Crippen molar-refractivity contribution in [2.24, 2.45) is 11.8 Å². The molecule has 0 amide bonds. The molecule has 1 aromatic carbocycles. The minimum absolute atomic E-state index is 0.116. The van der Waals surface area contributed by atoms with Crippen molar-refractivity contribution in [3.63, 3.8) is 0 Å². The summed E-state index contributed by atoms with van der Waals surface area (Å²) < 4.78 is 0.956. The van der Waals surface area contributed by atoms with Crippen LogP contribution in [0.2, 0.25) is 0 Å². The first kappa shape index (κ1) is 13.4. The summed E-state index contributed by atoms with van der Waals surface area (Å²) in [4.78, 5) is 2.36. The fourth-order valence-corrected chi connectivity index (χ4v) is 4.20. The van der Waals surface area contributed by atoms with Gasteiger partial charge in [0.2, 0.25) is 0 Å². The second-order valence-corrected chi connectivity index (χ2v) is 6.71. The van der Waals surface area contributed by atoms with Crippen molar-refractivity contribution < 1.29 is 10.2 Å². The lowest BCUT2D eigenvalue weighted by Gasteiger charge is -2.22. The number of hydrogen-bond acceptors (Lipinski definition) is 3. The Morgan fingerprint density at radius 3 is 2.74 bits per heavy atom. The van der Waals surface area contributed by atoms with Crippen LogP contribution in [0, 0.1) is 11.8 Å². The molecule has 2 fully saturated rings. The van der Waals surface area contributed by atoms with Gasteiger partial charge in [-0.1, -0.05) is 22.0 Å². The molecule has 3 nitrogen and oxygen atoms in total. The molecule has 1 aliphatic heterocycles. The molecule has 0 aromatic heterocycles. The van der Waals surface area contributed by atoms with E-state index in [4.69, 9.17) is 0 Å². The standard InChI is InChI=1S/C15H20BrNO2/c1-9(18)12-4-3-11(6-14(12)16)17-7-10-2-5-15(19)13(10)8-17/h3-4,6,9-10,13,15,18-19H,2,5,7-8H2,1H3/t9-,10?,13?,15?/m0/s1. The van der Waals surface area contributed by atoms with Crippen molar-refractivity contribution in [2.75, 3.05) is 18.0 Å².